The molecule has 0 atom stereocenters. The van der Waals surface area contributed by atoms with Gasteiger partial charge in [-0.05, 0) is 37.5 Å². The second-order valence-corrected chi connectivity index (χ2v) is 15.4. The van der Waals surface area contributed by atoms with E-state index in [1.807, 2.05) is 25.1 Å². The van der Waals surface area contributed by atoms with Gasteiger partial charge in [0.15, 0.2) is 11.5 Å². The first-order chi connectivity index (χ1) is 28.6. The number of benzene rings is 1. The highest BCUT2D eigenvalue weighted by Crippen LogP contribution is 2.28. The lowest BCUT2D eigenvalue weighted by atomic mass is 10.2. The molecule has 0 aromatic heterocycles. The normalized spacial score (nSPS) is 12.1. The predicted octanol–water partition coefficient (Wildman–Crippen LogP) is 1.51. The smallest absolute Gasteiger partial charge is 0.264 e. The van der Waals surface area contributed by atoms with Gasteiger partial charge in [-0.25, -0.2) is 0 Å². The molecule has 0 amide bonds. The number of hydrogen-bond donors (Lipinski definition) is 2. The molecule has 0 radical (unpaired) electrons. The quantitative estimate of drug-likeness (QED) is 0.0697. The molecule has 0 fully saturated rings. The van der Waals surface area contributed by atoms with Gasteiger partial charge in [0, 0.05) is 13.2 Å². The van der Waals surface area contributed by atoms with E-state index >= 15 is 0 Å². The average Bonchev–Trinajstić information content (AvgIpc) is 3.18. The average molecular weight is 897 g/mol. The Balaban J connectivity index is 1.86. The van der Waals surface area contributed by atoms with E-state index in [2.05, 4.69) is 0 Å². The first-order valence-electron chi connectivity index (χ1n) is 19.8. The van der Waals surface area contributed by atoms with Gasteiger partial charge in [0.1, 0.15) is 13.2 Å². The molecule has 0 aliphatic heterocycles. The fourth-order valence-corrected chi connectivity index (χ4v) is 5.32. The highest BCUT2D eigenvalue weighted by molar-refractivity contribution is 7.86. The monoisotopic (exact) mass is 896 g/mol. The van der Waals surface area contributed by atoms with Crippen LogP contribution in [0.4, 0.5) is 0 Å². The molecule has 59 heavy (non-hydrogen) atoms. The maximum absolute atomic E-state index is 10.6. The van der Waals surface area contributed by atoms with Gasteiger partial charge < -0.3 is 66.3 Å². The first-order valence-corrected chi connectivity index (χ1v) is 23.0. The summed E-state index contributed by atoms with van der Waals surface area (Å²) < 4.78 is 137. The van der Waals surface area contributed by atoms with Crippen LogP contribution in [0, 0.1) is 6.92 Å². The van der Waals surface area contributed by atoms with Gasteiger partial charge in [0.2, 0.25) is 0 Å². The molecule has 0 aliphatic carbocycles. The van der Waals surface area contributed by atoms with Crippen LogP contribution in [0.5, 0.6) is 11.5 Å². The predicted molar refractivity (Wildman–Crippen MR) is 214 cm³/mol. The van der Waals surface area contributed by atoms with E-state index in [4.69, 9.17) is 75.4 Å². The third-order valence-corrected chi connectivity index (χ3v) is 8.78. The zero-order valence-corrected chi connectivity index (χ0v) is 36.1. The van der Waals surface area contributed by atoms with Crippen molar-refractivity contribution in [2.24, 2.45) is 0 Å². The molecule has 0 saturated carbocycles. The van der Waals surface area contributed by atoms with Gasteiger partial charge in [-0.1, -0.05) is 6.07 Å². The number of rotatable bonds is 46. The van der Waals surface area contributed by atoms with Gasteiger partial charge >= 0.3 is 0 Å². The molecule has 0 aliphatic rings. The zero-order valence-electron chi connectivity index (χ0n) is 34.5. The molecule has 348 valence electrons. The molecule has 0 bridgehead atoms. The summed E-state index contributed by atoms with van der Waals surface area (Å²) >= 11 is 0. The van der Waals surface area contributed by atoms with Crippen LogP contribution in [0.1, 0.15) is 18.4 Å². The third kappa shape index (κ3) is 41.3. The Bertz CT molecular complexity index is 1300. The molecule has 0 heterocycles. The van der Waals surface area contributed by atoms with E-state index in [0.29, 0.717) is 170 Å². The van der Waals surface area contributed by atoms with Crippen molar-refractivity contribution in [1.29, 1.82) is 0 Å². The molecule has 22 heteroatoms. The van der Waals surface area contributed by atoms with Crippen LogP contribution in [0.15, 0.2) is 18.2 Å². The topological polar surface area (TPSA) is 238 Å². The van der Waals surface area contributed by atoms with Crippen LogP contribution in [0.25, 0.3) is 0 Å². The van der Waals surface area contributed by atoms with Crippen molar-refractivity contribution >= 4 is 20.2 Å². The van der Waals surface area contributed by atoms with Gasteiger partial charge in [-0.3, -0.25) is 9.11 Å². The second-order valence-electron chi connectivity index (χ2n) is 12.3. The summed E-state index contributed by atoms with van der Waals surface area (Å²) in [6.45, 7) is 12.2. The van der Waals surface area contributed by atoms with Gasteiger partial charge in [0.25, 0.3) is 20.2 Å². The summed E-state index contributed by atoms with van der Waals surface area (Å²) in [4.78, 5) is 0. The molecule has 0 spiro atoms. The van der Waals surface area contributed by atoms with Gasteiger partial charge in [0.05, 0.1) is 157 Å². The minimum atomic E-state index is -3.94. The van der Waals surface area contributed by atoms with Crippen molar-refractivity contribution in [3.8, 4) is 11.5 Å². The lowest BCUT2D eigenvalue weighted by Gasteiger charge is -2.14. The largest absolute Gasteiger partial charge is 0.487 e. The molecule has 1 rings (SSSR count). The first kappa shape index (κ1) is 55.2. The summed E-state index contributed by atoms with van der Waals surface area (Å²) in [7, 11) is -7.88. The molecular formula is C37H68O20S2. The molecule has 0 unspecified atom stereocenters. The number of aryl methyl sites for hydroxylation is 1. The highest BCUT2D eigenvalue weighted by Gasteiger charge is 2.07. The van der Waals surface area contributed by atoms with Crippen molar-refractivity contribution in [3.05, 3.63) is 23.8 Å². The van der Waals surface area contributed by atoms with E-state index in [0.717, 1.165) is 5.56 Å². The molecule has 1 aromatic rings. The lowest BCUT2D eigenvalue weighted by Crippen LogP contribution is -2.15. The van der Waals surface area contributed by atoms with Crippen molar-refractivity contribution < 1.29 is 92.3 Å². The Morgan fingerprint density at radius 2 is 0.593 bits per heavy atom. The Labute approximate surface area is 350 Å². The molecule has 20 nitrogen and oxygen atoms in total. The lowest BCUT2D eigenvalue weighted by molar-refractivity contribution is -0.0180. The molecule has 0 saturated heterocycles. The maximum Gasteiger partial charge on any atom is 0.264 e. The van der Waals surface area contributed by atoms with E-state index in [1.54, 1.807) is 0 Å². The van der Waals surface area contributed by atoms with Crippen molar-refractivity contribution in [2.45, 2.75) is 19.8 Å². The number of hydrogen-bond acceptors (Lipinski definition) is 18. The summed E-state index contributed by atoms with van der Waals surface area (Å²) in [6, 6.07) is 5.74. The van der Waals surface area contributed by atoms with Crippen molar-refractivity contribution in [1.82, 2.24) is 0 Å². The fourth-order valence-electron chi connectivity index (χ4n) is 4.36. The number of ether oxygens (including phenoxy) is 14. The summed E-state index contributed by atoms with van der Waals surface area (Å²) in [6.07, 6.45) is 0.469. The summed E-state index contributed by atoms with van der Waals surface area (Å²) in [5.41, 5.74) is 1.04. The Morgan fingerprint density at radius 3 is 0.864 bits per heavy atom. The SMILES string of the molecule is Cc1ccc(OCCOCCOCCOCCOCCOCCOCCCS(=O)(=O)O)c(OCCOCCOCCOCCOCCOCCOCCCS(=O)(=O)O)c1. The van der Waals surface area contributed by atoms with Crippen LogP contribution in [0.3, 0.4) is 0 Å². The van der Waals surface area contributed by atoms with Gasteiger partial charge in [-0.2, -0.15) is 16.8 Å². The standard InChI is InChI=1S/C37H68O20S2/c1-35-4-5-36(56-30-28-54-26-24-52-22-20-50-18-16-48-14-12-46-10-8-44-6-2-32-58(38,39)40)37(34-35)57-31-29-55-27-25-53-23-21-51-19-17-49-15-13-47-11-9-45-7-3-33-59(41,42)43/h4-5,34H,2-3,6-33H2,1H3,(H,38,39,40)(H,41,42,43). The van der Waals surface area contributed by atoms with Crippen LogP contribution in [0.2, 0.25) is 0 Å². The molecular weight excluding hydrogens is 829 g/mol. The van der Waals surface area contributed by atoms with Gasteiger partial charge in [-0.15, -0.1) is 0 Å². The van der Waals surface area contributed by atoms with Crippen LogP contribution in [-0.4, -0.2) is 209 Å². The summed E-state index contributed by atoms with van der Waals surface area (Å²) in [5, 5.41) is 0. The molecule has 1 aromatic carbocycles. The van der Waals surface area contributed by atoms with E-state index in [9.17, 15) is 16.8 Å². The maximum atomic E-state index is 10.6. The van der Waals surface area contributed by atoms with E-state index < -0.39 is 20.2 Å². The van der Waals surface area contributed by atoms with E-state index in [1.165, 1.54) is 0 Å². The fraction of sp³-hybridized carbons (Fsp3) is 0.838. The van der Waals surface area contributed by atoms with Crippen molar-refractivity contribution in [3.63, 3.8) is 0 Å². The Hall–Kier alpha value is -1.84. The minimum Gasteiger partial charge on any atom is -0.487 e. The van der Waals surface area contributed by atoms with Crippen LogP contribution < -0.4 is 9.47 Å². The zero-order chi connectivity index (χ0) is 43.0. The minimum absolute atomic E-state index is 0.235. The van der Waals surface area contributed by atoms with Crippen molar-refractivity contribution in [2.75, 3.05) is 183 Å². The van der Waals surface area contributed by atoms with E-state index in [-0.39, 0.29) is 37.6 Å². The molecule has 2 N–H and O–H groups in total. The second kappa shape index (κ2) is 39.0. The van der Waals surface area contributed by atoms with Crippen LogP contribution >= 0.6 is 0 Å². The van der Waals surface area contributed by atoms with Crippen LogP contribution in [-0.2, 0) is 77.1 Å². The highest BCUT2D eigenvalue weighted by atomic mass is 32.2. The Kier molecular flexibility index (Phi) is 36.5. The Morgan fingerprint density at radius 1 is 0.356 bits per heavy atom. The third-order valence-electron chi connectivity index (χ3n) is 7.17. The summed E-state index contributed by atoms with van der Waals surface area (Å²) in [5.74, 6) is 0.630.